The van der Waals surface area contributed by atoms with Gasteiger partial charge in [-0.1, -0.05) is 38.3 Å². The van der Waals surface area contributed by atoms with Crippen LogP contribution in [0.15, 0.2) is 11.6 Å². The molecule has 1 heteroatoms. The van der Waals surface area contributed by atoms with Gasteiger partial charge in [-0.3, -0.25) is 4.79 Å². The fourth-order valence-electron chi connectivity index (χ4n) is 3.72. The lowest BCUT2D eigenvalue weighted by atomic mass is 9.56. The molecule has 2 aliphatic carbocycles. The third kappa shape index (κ3) is 1.85. The number of fused-ring (bicyclic) bond motifs is 1. The molecule has 0 radical (unpaired) electrons. The van der Waals surface area contributed by atoms with Crippen LogP contribution in [0.25, 0.3) is 0 Å². The molecule has 0 amide bonds. The zero-order chi connectivity index (χ0) is 11.8. The summed E-state index contributed by atoms with van der Waals surface area (Å²) in [5.41, 5.74) is 1.47. The Balaban J connectivity index is 2.25. The van der Waals surface area contributed by atoms with Gasteiger partial charge in [0.25, 0.3) is 0 Å². The average Bonchev–Trinajstić information content (AvgIpc) is 2.26. The summed E-state index contributed by atoms with van der Waals surface area (Å²) in [7, 11) is 0. The van der Waals surface area contributed by atoms with Crippen molar-refractivity contribution in [1.82, 2.24) is 0 Å². The highest BCUT2D eigenvalue weighted by molar-refractivity contribution is 5.86. The maximum absolute atomic E-state index is 12.2. The summed E-state index contributed by atoms with van der Waals surface area (Å²) in [6.45, 7) is 6.70. The number of carbonyl (C=O) groups is 1. The van der Waals surface area contributed by atoms with Gasteiger partial charge in [-0.05, 0) is 38.0 Å². The molecule has 0 aromatic rings. The Morgan fingerprint density at radius 1 is 1.50 bits per heavy atom. The van der Waals surface area contributed by atoms with Gasteiger partial charge >= 0.3 is 0 Å². The van der Waals surface area contributed by atoms with Crippen LogP contribution in [0.1, 0.15) is 59.3 Å². The summed E-state index contributed by atoms with van der Waals surface area (Å²) >= 11 is 0. The third-order valence-corrected chi connectivity index (χ3v) is 4.84. The molecule has 0 N–H and O–H groups in total. The summed E-state index contributed by atoms with van der Waals surface area (Å²) in [5.74, 6) is 1.93. The van der Waals surface area contributed by atoms with E-state index in [9.17, 15) is 4.79 Å². The quantitative estimate of drug-likeness (QED) is 0.639. The first-order chi connectivity index (χ1) is 7.58. The number of rotatable bonds is 2. The van der Waals surface area contributed by atoms with E-state index in [1.54, 1.807) is 0 Å². The third-order valence-electron chi connectivity index (χ3n) is 4.84. The molecule has 0 bridgehead atoms. The molecule has 16 heavy (non-hydrogen) atoms. The lowest BCUT2D eigenvalue weighted by Gasteiger charge is -2.47. The van der Waals surface area contributed by atoms with Crippen LogP contribution in [0, 0.1) is 17.3 Å². The van der Waals surface area contributed by atoms with Gasteiger partial charge in [0.1, 0.15) is 5.78 Å². The molecule has 1 nitrogen and oxygen atoms in total. The molecule has 0 aromatic heterocycles. The van der Waals surface area contributed by atoms with Crippen LogP contribution in [0.3, 0.4) is 0 Å². The highest BCUT2D eigenvalue weighted by Crippen LogP contribution is 2.51. The second-order valence-electron chi connectivity index (χ2n) is 5.99. The van der Waals surface area contributed by atoms with E-state index in [1.807, 2.05) is 0 Å². The van der Waals surface area contributed by atoms with Crippen LogP contribution in [-0.4, -0.2) is 5.78 Å². The van der Waals surface area contributed by atoms with Crippen molar-refractivity contribution in [2.45, 2.75) is 59.3 Å². The fraction of sp³-hybridized carbons (Fsp3) is 0.800. The van der Waals surface area contributed by atoms with Crippen molar-refractivity contribution in [3.8, 4) is 0 Å². The second-order valence-corrected chi connectivity index (χ2v) is 5.99. The van der Waals surface area contributed by atoms with Crippen molar-refractivity contribution in [1.29, 1.82) is 0 Å². The number of hydrogen-bond donors (Lipinski definition) is 0. The van der Waals surface area contributed by atoms with Gasteiger partial charge in [-0.2, -0.15) is 0 Å². The smallest absolute Gasteiger partial charge is 0.139 e. The van der Waals surface area contributed by atoms with Crippen LogP contribution in [0.4, 0.5) is 0 Å². The Bertz CT molecular complexity index is 315. The van der Waals surface area contributed by atoms with Crippen LogP contribution in [0.2, 0.25) is 0 Å². The minimum Gasteiger partial charge on any atom is -0.299 e. The Morgan fingerprint density at radius 2 is 2.25 bits per heavy atom. The monoisotopic (exact) mass is 220 g/mol. The van der Waals surface area contributed by atoms with Crippen molar-refractivity contribution in [2.24, 2.45) is 17.3 Å². The first-order valence-electron chi connectivity index (χ1n) is 6.77. The van der Waals surface area contributed by atoms with E-state index >= 15 is 0 Å². The van der Waals surface area contributed by atoms with E-state index in [-0.39, 0.29) is 5.41 Å². The van der Waals surface area contributed by atoms with Crippen molar-refractivity contribution in [3.05, 3.63) is 11.6 Å². The molecule has 1 saturated carbocycles. The molecule has 2 aliphatic rings. The number of carbonyl (C=O) groups excluding carboxylic acids is 1. The van der Waals surface area contributed by atoms with Gasteiger partial charge < -0.3 is 0 Å². The maximum Gasteiger partial charge on any atom is 0.139 e. The molecule has 0 heterocycles. The van der Waals surface area contributed by atoms with Gasteiger partial charge in [0.05, 0.1) is 0 Å². The number of hydrogen-bond acceptors (Lipinski definition) is 1. The largest absolute Gasteiger partial charge is 0.299 e. The standard InChI is InChI=1S/C15H24O/c1-4-5-12-6-7-14(16)15(3)9-8-11(2)10-13(12)15/h8,12-13H,4-7,9-10H2,1-3H3. The summed E-state index contributed by atoms with van der Waals surface area (Å²) in [4.78, 5) is 12.2. The maximum atomic E-state index is 12.2. The molecule has 3 unspecified atom stereocenters. The van der Waals surface area contributed by atoms with Crippen molar-refractivity contribution in [3.63, 3.8) is 0 Å². The van der Waals surface area contributed by atoms with Crippen LogP contribution in [-0.2, 0) is 4.79 Å². The van der Waals surface area contributed by atoms with Crippen LogP contribution >= 0.6 is 0 Å². The zero-order valence-corrected chi connectivity index (χ0v) is 10.9. The van der Waals surface area contributed by atoms with Gasteiger partial charge in [0.2, 0.25) is 0 Å². The van der Waals surface area contributed by atoms with E-state index in [2.05, 4.69) is 26.8 Å². The van der Waals surface area contributed by atoms with E-state index in [0.717, 1.165) is 31.6 Å². The predicted octanol–water partition coefficient (Wildman–Crippen LogP) is 4.13. The Kier molecular flexibility index (Phi) is 3.23. The predicted molar refractivity (Wildman–Crippen MR) is 67.2 cm³/mol. The Hall–Kier alpha value is -0.590. The van der Waals surface area contributed by atoms with E-state index in [0.29, 0.717) is 11.7 Å². The van der Waals surface area contributed by atoms with Gasteiger partial charge in [0, 0.05) is 11.8 Å². The molecule has 0 aliphatic heterocycles. The summed E-state index contributed by atoms with van der Waals surface area (Å²) < 4.78 is 0. The summed E-state index contributed by atoms with van der Waals surface area (Å²) in [5, 5.41) is 0. The molecule has 0 saturated heterocycles. The van der Waals surface area contributed by atoms with Gasteiger partial charge in [-0.15, -0.1) is 0 Å². The topological polar surface area (TPSA) is 17.1 Å². The summed E-state index contributed by atoms with van der Waals surface area (Å²) in [6.07, 6.45) is 8.97. The summed E-state index contributed by atoms with van der Waals surface area (Å²) in [6, 6.07) is 0. The van der Waals surface area contributed by atoms with Crippen molar-refractivity contribution >= 4 is 5.78 Å². The molecule has 2 rings (SSSR count). The van der Waals surface area contributed by atoms with Crippen molar-refractivity contribution < 1.29 is 4.79 Å². The minimum absolute atomic E-state index is 0.0302. The molecule has 90 valence electrons. The van der Waals surface area contributed by atoms with E-state index < -0.39 is 0 Å². The highest BCUT2D eigenvalue weighted by atomic mass is 16.1. The average molecular weight is 220 g/mol. The second kappa shape index (κ2) is 4.35. The SMILES string of the molecule is CCCC1CCC(=O)C2(C)CC=C(C)CC12. The molecule has 0 spiro atoms. The van der Waals surface area contributed by atoms with Crippen LogP contribution in [0.5, 0.6) is 0 Å². The fourth-order valence-corrected chi connectivity index (χ4v) is 3.72. The molecule has 1 fully saturated rings. The molecular weight excluding hydrogens is 196 g/mol. The van der Waals surface area contributed by atoms with E-state index in [1.165, 1.54) is 18.4 Å². The van der Waals surface area contributed by atoms with Gasteiger partial charge in [-0.25, -0.2) is 0 Å². The lowest BCUT2D eigenvalue weighted by Crippen LogP contribution is -2.45. The number of ketones is 1. The van der Waals surface area contributed by atoms with Crippen molar-refractivity contribution in [2.75, 3.05) is 0 Å². The lowest BCUT2D eigenvalue weighted by molar-refractivity contribution is -0.137. The number of allylic oxidation sites excluding steroid dienone is 2. The van der Waals surface area contributed by atoms with E-state index in [4.69, 9.17) is 0 Å². The highest BCUT2D eigenvalue weighted by Gasteiger charge is 2.47. The molecular formula is C15H24O. The normalized spacial score (nSPS) is 39.2. The zero-order valence-electron chi connectivity index (χ0n) is 10.9. The van der Waals surface area contributed by atoms with Crippen LogP contribution < -0.4 is 0 Å². The Labute approximate surface area is 99.3 Å². The first-order valence-corrected chi connectivity index (χ1v) is 6.77. The number of Topliss-reactive ketones (excluding diaryl/α,β-unsaturated/α-hetero) is 1. The Morgan fingerprint density at radius 3 is 2.94 bits per heavy atom. The molecule has 0 aromatic carbocycles. The van der Waals surface area contributed by atoms with Gasteiger partial charge in [0.15, 0.2) is 0 Å². The molecule has 3 atom stereocenters. The minimum atomic E-state index is -0.0302. The first kappa shape index (κ1) is 11.9.